The van der Waals surface area contributed by atoms with Crippen molar-refractivity contribution in [1.82, 2.24) is 4.90 Å². The van der Waals surface area contributed by atoms with Gasteiger partial charge in [0.15, 0.2) is 0 Å². The van der Waals surface area contributed by atoms with Gasteiger partial charge in [-0.15, -0.1) is 11.6 Å². The van der Waals surface area contributed by atoms with E-state index >= 15 is 0 Å². The van der Waals surface area contributed by atoms with Crippen molar-refractivity contribution < 1.29 is 9.53 Å². The van der Waals surface area contributed by atoms with E-state index in [1.54, 1.807) is 19.1 Å². The first-order valence-electron chi connectivity index (χ1n) is 5.00. The normalized spacial score (nSPS) is 17.9. The highest BCUT2D eigenvalue weighted by atomic mass is 35.5. The summed E-state index contributed by atoms with van der Waals surface area (Å²) in [6, 6.07) is 0. The quantitative estimate of drug-likeness (QED) is 0.634. The third-order valence-electron chi connectivity index (χ3n) is 2.41. The molecule has 1 rings (SSSR count). The molecule has 0 bridgehead atoms. The lowest BCUT2D eigenvalue weighted by molar-refractivity contribution is -0.130. The zero-order chi connectivity index (χ0) is 10.6. The SMILES string of the molecule is COCC(Cl)CN(C)C(=O)CC1CC1. The van der Waals surface area contributed by atoms with Crippen LogP contribution in [0.3, 0.4) is 0 Å². The summed E-state index contributed by atoms with van der Waals surface area (Å²) in [6.07, 6.45) is 3.11. The number of halogens is 1. The van der Waals surface area contributed by atoms with Crippen molar-refractivity contribution in [2.45, 2.75) is 24.6 Å². The van der Waals surface area contributed by atoms with Crippen LogP contribution in [-0.4, -0.2) is 43.5 Å². The second-order valence-electron chi connectivity index (χ2n) is 3.97. The smallest absolute Gasteiger partial charge is 0.222 e. The molecule has 0 aliphatic heterocycles. The van der Waals surface area contributed by atoms with Gasteiger partial charge in [-0.3, -0.25) is 4.79 Å². The van der Waals surface area contributed by atoms with E-state index in [1.165, 1.54) is 12.8 Å². The van der Waals surface area contributed by atoms with Crippen LogP contribution >= 0.6 is 11.6 Å². The van der Waals surface area contributed by atoms with Crippen molar-refractivity contribution in [2.24, 2.45) is 5.92 Å². The number of carbonyl (C=O) groups excluding carboxylic acids is 1. The Hall–Kier alpha value is -0.280. The van der Waals surface area contributed by atoms with E-state index in [9.17, 15) is 4.79 Å². The van der Waals surface area contributed by atoms with Gasteiger partial charge in [0.2, 0.25) is 5.91 Å². The predicted molar refractivity (Wildman–Crippen MR) is 56.5 cm³/mol. The van der Waals surface area contributed by atoms with E-state index in [4.69, 9.17) is 16.3 Å². The molecule has 1 fully saturated rings. The second-order valence-corrected chi connectivity index (χ2v) is 4.59. The number of amides is 1. The summed E-state index contributed by atoms with van der Waals surface area (Å²) >= 11 is 5.95. The van der Waals surface area contributed by atoms with Gasteiger partial charge in [-0.2, -0.15) is 0 Å². The van der Waals surface area contributed by atoms with E-state index in [0.717, 1.165) is 0 Å². The molecule has 0 aromatic carbocycles. The molecule has 82 valence electrons. The van der Waals surface area contributed by atoms with Gasteiger partial charge in [-0.25, -0.2) is 0 Å². The molecule has 1 aliphatic carbocycles. The van der Waals surface area contributed by atoms with Crippen molar-refractivity contribution in [3.8, 4) is 0 Å². The minimum absolute atomic E-state index is 0.104. The molecule has 0 N–H and O–H groups in total. The molecule has 1 aliphatic rings. The van der Waals surface area contributed by atoms with Gasteiger partial charge in [0.1, 0.15) is 0 Å². The lowest BCUT2D eigenvalue weighted by Gasteiger charge is -2.19. The van der Waals surface area contributed by atoms with Gasteiger partial charge in [0, 0.05) is 27.1 Å². The first-order valence-corrected chi connectivity index (χ1v) is 5.44. The van der Waals surface area contributed by atoms with Crippen LogP contribution in [-0.2, 0) is 9.53 Å². The summed E-state index contributed by atoms with van der Waals surface area (Å²) in [5, 5.41) is -0.104. The third kappa shape index (κ3) is 4.29. The number of nitrogens with zero attached hydrogens (tertiary/aromatic N) is 1. The number of carbonyl (C=O) groups is 1. The average molecular weight is 220 g/mol. The molecule has 0 spiro atoms. The summed E-state index contributed by atoms with van der Waals surface area (Å²) in [5.74, 6) is 0.843. The van der Waals surface area contributed by atoms with Crippen LogP contribution in [0.2, 0.25) is 0 Å². The Morgan fingerprint density at radius 3 is 2.79 bits per heavy atom. The first-order chi connectivity index (χ1) is 6.63. The van der Waals surface area contributed by atoms with Crippen LogP contribution in [0.4, 0.5) is 0 Å². The molecule has 0 aromatic rings. The fraction of sp³-hybridized carbons (Fsp3) is 0.900. The molecule has 0 aromatic heterocycles. The van der Waals surface area contributed by atoms with Crippen LogP contribution in [0.5, 0.6) is 0 Å². The Morgan fingerprint density at radius 2 is 2.29 bits per heavy atom. The summed E-state index contributed by atoms with van der Waals surface area (Å²) in [7, 11) is 3.41. The number of alkyl halides is 1. The number of rotatable bonds is 6. The molecule has 1 unspecified atom stereocenters. The van der Waals surface area contributed by atoms with Gasteiger partial charge in [0.05, 0.1) is 12.0 Å². The van der Waals surface area contributed by atoms with E-state index in [0.29, 0.717) is 25.5 Å². The summed E-state index contributed by atoms with van der Waals surface area (Å²) in [6.45, 7) is 1.06. The number of hydrogen-bond donors (Lipinski definition) is 0. The lowest BCUT2D eigenvalue weighted by atomic mass is 10.2. The highest BCUT2D eigenvalue weighted by molar-refractivity contribution is 6.21. The van der Waals surface area contributed by atoms with E-state index < -0.39 is 0 Å². The standard InChI is InChI=1S/C10H18ClNO2/c1-12(6-9(11)7-14-2)10(13)5-8-3-4-8/h8-9H,3-7H2,1-2H3. The Morgan fingerprint density at radius 1 is 1.64 bits per heavy atom. The van der Waals surface area contributed by atoms with Gasteiger partial charge >= 0.3 is 0 Å². The Bertz CT molecular complexity index is 195. The number of hydrogen-bond acceptors (Lipinski definition) is 2. The Labute approximate surface area is 90.4 Å². The molecule has 1 amide bonds. The van der Waals surface area contributed by atoms with Crippen molar-refractivity contribution in [3.05, 3.63) is 0 Å². The van der Waals surface area contributed by atoms with Crippen LogP contribution in [0.1, 0.15) is 19.3 Å². The average Bonchev–Trinajstić information content (AvgIpc) is 2.88. The molecule has 0 heterocycles. The number of methoxy groups -OCH3 is 1. The topological polar surface area (TPSA) is 29.5 Å². The highest BCUT2D eigenvalue weighted by Gasteiger charge is 2.26. The molecule has 14 heavy (non-hydrogen) atoms. The maximum atomic E-state index is 11.6. The van der Waals surface area contributed by atoms with Crippen molar-refractivity contribution >= 4 is 17.5 Å². The fourth-order valence-corrected chi connectivity index (χ4v) is 1.69. The second kappa shape index (κ2) is 5.56. The molecular formula is C10H18ClNO2. The largest absolute Gasteiger partial charge is 0.383 e. The minimum atomic E-state index is -0.104. The molecule has 1 atom stereocenters. The molecule has 0 radical (unpaired) electrons. The zero-order valence-electron chi connectivity index (χ0n) is 8.83. The maximum Gasteiger partial charge on any atom is 0.222 e. The molecule has 3 nitrogen and oxygen atoms in total. The van der Waals surface area contributed by atoms with E-state index in [-0.39, 0.29) is 11.3 Å². The minimum Gasteiger partial charge on any atom is -0.383 e. The maximum absolute atomic E-state index is 11.6. The molecule has 4 heteroatoms. The van der Waals surface area contributed by atoms with Gasteiger partial charge in [0.25, 0.3) is 0 Å². The van der Waals surface area contributed by atoms with Crippen LogP contribution in [0.25, 0.3) is 0 Å². The monoisotopic (exact) mass is 219 g/mol. The number of ether oxygens (including phenoxy) is 1. The molecule has 1 saturated carbocycles. The fourth-order valence-electron chi connectivity index (χ4n) is 1.36. The molecular weight excluding hydrogens is 202 g/mol. The van der Waals surface area contributed by atoms with Gasteiger partial charge in [-0.1, -0.05) is 0 Å². The predicted octanol–water partition coefficient (Wildman–Crippen LogP) is 1.50. The first kappa shape index (κ1) is 11.8. The van der Waals surface area contributed by atoms with Crippen molar-refractivity contribution in [2.75, 3.05) is 27.3 Å². The highest BCUT2D eigenvalue weighted by Crippen LogP contribution is 2.32. The Balaban J connectivity index is 2.17. The van der Waals surface area contributed by atoms with Crippen molar-refractivity contribution in [1.29, 1.82) is 0 Å². The summed E-state index contributed by atoms with van der Waals surface area (Å²) < 4.78 is 4.91. The van der Waals surface area contributed by atoms with Crippen LogP contribution < -0.4 is 0 Å². The van der Waals surface area contributed by atoms with E-state index in [1.807, 2.05) is 0 Å². The summed E-state index contributed by atoms with van der Waals surface area (Å²) in [5.41, 5.74) is 0. The Kier molecular flexibility index (Phi) is 4.69. The molecule has 0 saturated heterocycles. The van der Waals surface area contributed by atoms with Crippen molar-refractivity contribution in [3.63, 3.8) is 0 Å². The van der Waals surface area contributed by atoms with Gasteiger partial charge in [-0.05, 0) is 18.8 Å². The summed E-state index contributed by atoms with van der Waals surface area (Å²) in [4.78, 5) is 13.3. The van der Waals surface area contributed by atoms with Crippen LogP contribution in [0, 0.1) is 5.92 Å². The van der Waals surface area contributed by atoms with E-state index in [2.05, 4.69) is 0 Å². The zero-order valence-corrected chi connectivity index (χ0v) is 9.59. The van der Waals surface area contributed by atoms with Crippen LogP contribution in [0.15, 0.2) is 0 Å². The van der Waals surface area contributed by atoms with Gasteiger partial charge < -0.3 is 9.64 Å². The third-order valence-corrected chi connectivity index (χ3v) is 2.67. The lowest BCUT2D eigenvalue weighted by Crippen LogP contribution is -2.34.